The Bertz CT molecular complexity index is 733. The van der Waals surface area contributed by atoms with E-state index < -0.39 is 0 Å². The Labute approximate surface area is 146 Å². The number of rotatable bonds is 6. The van der Waals surface area contributed by atoms with E-state index in [0.717, 1.165) is 5.56 Å². The SMILES string of the molecule is CCNc1ncc(C(=O)NC2CC(=O)N(Cc3ccccc3)C2)cn1. The van der Waals surface area contributed by atoms with Crippen LogP contribution < -0.4 is 10.6 Å². The quantitative estimate of drug-likeness (QED) is 0.831. The van der Waals surface area contributed by atoms with Gasteiger partial charge in [-0.3, -0.25) is 9.59 Å². The maximum atomic E-state index is 12.3. The van der Waals surface area contributed by atoms with Crippen molar-refractivity contribution in [1.82, 2.24) is 20.2 Å². The second kappa shape index (κ2) is 7.74. The second-order valence-electron chi connectivity index (χ2n) is 5.96. The zero-order valence-corrected chi connectivity index (χ0v) is 14.1. The molecule has 0 saturated carbocycles. The van der Waals surface area contributed by atoms with E-state index in [2.05, 4.69) is 20.6 Å². The molecule has 1 saturated heterocycles. The van der Waals surface area contributed by atoms with Crippen LogP contribution in [-0.2, 0) is 11.3 Å². The van der Waals surface area contributed by atoms with Crippen LogP contribution in [0, 0.1) is 0 Å². The molecule has 130 valence electrons. The predicted molar refractivity (Wildman–Crippen MR) is 93.9 cm³/mol. The summed E-state index contributed by atoms with van der Waals surface area (Å²) in [4.78, 5) is 34.4. The lowest BCUT2D eigenvalue weighted by Crippen LogP contribution is -2.37. The minimum Gasteiger partial charge on any atom is -0.355 e. The summed E-state index contributed by atoms with van der Waals surface area (Å²) in [5.74, 6) is 0.277. The lowest BCUT2D eigenvalue weighted by atomic mass is 10.2. The van der Waals surface area contributed by atoms with Crippen molar-refractivity contribution in [1.29, 1.82) is 0 Å². The standard InChI is InChI=1S/C18H21N5O2/c1-2-19-18-20-9-14(10-21-18)17(25)22-15-8-16(24)23(12-15)11-13-6-4-3-5-7-13/h3-7,9-10,15H,2,8,11-12H2,1H3,(H,22,25)(H,19,20,21). The Kier molecular flexibility index (Phi) is 5.23. The fraction of sp³-hybridized carbons (Fsp3) is 0.333. The van der Waals surface area contributed by atoms with Crippen molar-refractivity contribution in [2.24, 2.45) is 0 Å². The molecule has 1 aromatic heterocycles. The number of carbonyl (C=O) groups is 2. The highest BCUT2D eigenvalue weighted by Crippen LogP contribution is 2.15. The molecule has 7 heteroatoms. The summed E-state index contributed by atoms with van der Waals surface area (Å²) in [6.45, 7) is 3.73. The Balaban J connectivity index is 1.56. The number of nitrogens with zero attached hydrogens (tertiary/aromatic N) is 3. The van der Waals surface area contributed by atoms with Crippen LogP contribution in [0.5, 0.6) is 0 Å². The first-order valence-corrected chi connectivity index (χ1v) is 8.34. The molecule has 2 aromatic rings. The monoisotopic (exact) mass is 339 g/mol. The Hall–Kier alpha value is -2.96. The van der Waals surface area contributed by atoms with Crippen molar-refractivity contribution in [2.75, 3.05) is 18.4 Å². The van der Waals surface area contributed by atoms with Gasteiger partial charge in [-0.05, 0) is 12.5 Å². The maximum absolute atomic E-state index is 12.3. The topological polar surface area (TPSA) is 87.2 Å². The van der Waals surface area contributed by atoms with E-state index >= 15 is 0 Å². The zero-order chi connectivity index (χ0) is 17.6. The second-order valence-corrected chi connectivity index (χ2v) is 5.96. The molecule has 2 heterocycles. The third-order valence-corrected chi connectivity index (χ3v) is 4.01. The van der Waals surface area contributed by atoms with Gasteiger partial charge >= 0.3 is 0 Å². The molecule has 0 spiro atoms. The zero-order valence-electron chi connectivity index (χ0n) is 14.1. The predicted octanol–water partition coefficient (Wildman–Crippen LogP) is 1.44. The Morgan fingerprint density at radius 3 is 2.64 bits per heavy atom. The van der Waals surface area contributed by atoms with Crippen molar-refractivity contribution in [2.45, 2.75) is 25.9 Å². The Morgan fingerprint density at radius 2 is 1.96 bits per heavy atom. The third-order valence-electron chi connectivity index (χ3n) is 4.01. The van der Waals surface area contributed by atoms with Crippen molar-refractivity contribution in [3.8, 4) is 0 Å². The van der Waals surface area contributed by atoms with Crippen molar-refractivity contribution >= 4 is 17.8 Å². The number of likely N-dealkylation sites (tertiary alicyclic amines) is 1. The van der Waals surface area contributed by atoms with E-state index in [-0.39, 0.29) is 17.9 Å². The van der Waals surface area contributed by atoms with E-state index in [1.165, 1.54) is 12.4 Å². The molecule has 1 fully saturated rings. The van der Waals surface area contributed by atoms with Crippen molar-refractivity contribution in [3.63, 3.8) is 0 Å². The first kappa shape index (κ1) is 16.9. The number of hydrogen-bond donors (Lipinski definition) is 2. The molecular weight excluding hydrogens is 318 g/mol. The molecule has 1 aliphatic rings. The van der Waals surface area contributed by atoms with Crippen LogP contribution in [-0.4, -0.2) is 45.8 Å². The first-order chi connectivity index (χ1) is 12.2. The van der Waals surface area contributed by atoms with Gasteiger partial charge in [0.25, 0.3) is 5.91 Å². The highest BCUT2D eigenvalue weighted by atomic mass is 16.2. The van der Waals surface area contributed by atoms with Gasteiger partial charge in [0.1, 0.15) is 0 Å². The summed E-state index contributed by atoms with van der Waals surface area (Å²) in [6.07, 6.45) is 3.28. The van der Waals surface area contributed by atoms with Crippen molar-refractivity contribution in [3.05, 3.63) is 53.9 Å². The maximum Gasteiger partial charge on any atom is 0.254 e. The van der Waals surface area contributed by atoms with Crippen LogP contribution in [0.2, 0.25) is 0 Å². The minimum atomic E-state index is -0.262. The smallest absolute Gasteiger partial charge is 0.254 e. The van der Waals surface area contributed by atoms with E-state index in [1.807, 2.05) is 37.3 Å². The molecule has 1 unspecified atom stereocenters. The van der Waals surface area contributed by atoms with Gasteiger partial charge in [0.05, 0.1) is 11.6 Å². The lowest BCUT2D eigenvalue weighted by molar-refractivity contribution is -0.128. The van der Waals surface area contributed by atoms with E-state index in [1.54, 1.807) is 4.90 Å². The first-order valence-electron chi connectivity index (χ1n) is 8.34. The highest BCUT2D eigenvalue weighted by Gasteiger charge is 2.30. The highest BCUT2D eigenvalue weighted by molar-refractivity contribution is 5.94. The van der Waals surface area contributed by atoms with Gasteiger partial charge in [0.15, 0.2) is 0 Å². The van der Waals surface area contributed by atoms with E-state index in [4.69, 9.17) is 0 Å². The largest absolute Gasteiger partial charge is 0.355 e. The van der Waals surface area contributed by atoms with Crippen LogP contribution >= 0.6 is 0 Å². The number of anilines is 1. The summed E-state index contributed by atoms with van der Waals surface area (Å²) in [5, 5.41) is 5.87. The summed E-state index contributed by atoms with van der Waals surface area (Å²) < 4.78 is 0. The number of benzene rings is 1. The molecule has 0 radical (unpaired) electrons. The van der Waals surface area contributed by atoms with Crippen molar-refractivity contribution < 1.29 is 9.59 Å². The molecule has 25 heavy (non-hydrogen) atoms. The van der Waals surface area contributed by atoms with Gasteiger partial charge in [-0.1, -0.05) is 30.3 Å². The number of hydrogen-bond acceptors (Lipinski definition) is 5. The van der Waals surface area contributed by atoms with Gasteiger partial charge in [-0.2, -0.15) is 0 Å². The Morgan fingerprint density at radius 1 is 1.24 bits per heavy atom. The van der Waals surface area contributed by atoms with Gasteiger partial charge in [0.2, 0.25) is 11.9 Å². The van der Waals surface area contributed by atoms with Crippen LogP contribution in [0.3, 0.4) is 0 Å². The molecule has 1 atom stereocenters. The van der Waals surface area contributed by atoms with Gasteiger partial charge < -0.3 is 15.5 Å². The number of aromatic nitrogens is 2. The molecular formula is C18H21N5O2. The van der Waals surface area contributed by atoms with E-state index in [0.29, 0.717) is 37.6 Å². The summed E-state index contributed by atoms with van der Waals surface area (Å²) in [6, 6.07) is 9.63. The fourth-order valence-electron chi connectivity index (χ4n) is 2.79. The normalized spacial score (nSPS) is 16.8. The van der Waals surface area contributed by atoms with Gasteiger partial charge in [-0.25, -0.2) is 9.97 Å². The summed E-state index contributed by atoms with van der Waals surface area (Å²) >= 11 is 0. The minimum absolute atomic E-state index is 0.0490. The van der Waals surface area contributed by atoms with Crippen LogP contribution in [0.4, 0.5) is 5.95 Å². The van der Waals surface area contributed by atoms with Crippen LogP contribution in [0.15, 0.2) is 42.7 Å². The fourth-order valence-corrected chi connectivity index (χ4v) is 2.79. The van der Waals surface area contributed by atoms with Crippen LogP contribution in [0.25, 0.3) is 0 Å². The molecule has 1 aromatic carbocycles. The number of carbonyl (C=O) groups excluding carboxylic acids is 2. The van der Waals surface area contributed by atoms with Gasteiger partial charge in [0, 0.05) is 38.4 Å². The molecule has 0 bridgehead atoms. The average Bonchev–Trinajstić information content (AvgIpc) is 2.96. The number of nitrogens with one attached hydrogen (secondary N) is 2. The molecule has 2 amide bonds. The summed E-state index contributed by atoms with van der Waals surface area (Å²) in [7, 11) is 0. The summed E-state index contributed by atoms with van der Waals surface area (Å²) in [5.41, 5.74) is 1.46. The molecule has 1 aliphatic heterocycles. The molecule has 2 N–H and O–H groups in total. The lowest BCUT2D eigenvalue weighted by Gasteiger charge is -2.17. The van der Waals surface area contributed by atoms with E-state index in [9.17, 15) is 9.59 Å². The molecule has 3 rings (SSSR count). The number of amides is 2. The molecule has 0 aliphatic carbocycles. The van der Waals surface area contributed by atoms with Gasteiger partial charge in [-0.15, -0.1) is 0 Å². The molecule has 7 nitrogen and oxygen atoms in total. The third kappa shape index (κ3) is 4.32. The average molecular weight is 339 g/mol. The van der Waals surface area contributed by atoms with Crippen LogP contribution in [0.1, 0.15) is 29.3 Å².